The molecule has 140 valence electrons. The maximum atomic E-state index is 13.3. The average molecular weight is 376 g/mol. The number of ether oxygens (including phenoxy) is 1. The molecule has 0 saturated heterocycles. The van der Waals surface area contributed by atoms with Crippen LogP contribution in [0.4, 0.5) is 20.2 Å². The fraction of sp³-hybridized carbons (Fsp3) is 0.111. The second kappa shape index (κ2) is 8.65. The quantitative estimate of drug-likeness (QED) is 0.360. The third-order valence-electron chi connectivity index (χ3n) is 3.35. The summed E-state index contributed by atoms with van der Waals surface area (Å²) < 4.78 is 31.0. The lowest BCUT2D eigenvalue weighted by Gasteiger charge is -2.12. The number of halogens is 2. The van der Waals surface area contributed by atoms with Crippen LogP contribution in [0.1, 0.15) is 12.5 Å². The van der Waals surface area contributed by atoms with Gasteiger partial charge in [0.25, 0.3) is 5.91 Å². The van der Waals surface area contributed by atoms with Gasteiger partial charge < -0.3 is 10.1 Å². The van der Waals surface area contributed by atoms with E-state index in [4.69, 9.17) is 4.74 Å². The number of hydrogen-bond acceptors (Lipinski definition) is 5. The van der Waals surface area contributed by atoms with Gasteiger partial charge in [0.1, 0.15) is 5.82 Å². The Balaban J connectivity index is 1.95. The van der Waals surface area contributed by atoms with Gasteiger partial charge in [0.15, 0.2) is 6.10 Å². The summed E-state index contributed by atoms with van der Waals surface area (Å²) in [7, 11) is 0. The van der Waals surface area contributed by atoms with Gasteiger partial charge in [0.2, 0.25) is 5.82 Å². The summed E-state index contributed by atoms with van der Waals surface area (Å²) in [5.41, 5.74) is -0.249. The number of esters is 1. The van der Waals surface area contributed by atoms with E-state index in [-0.39, 0.29) is 5.69 Å². The molecule has 0 aromatic heterocycles. The average Bonchev–Trinajstić information content (AvgIpc) is 2.62. The molecule has 0 aliphatic carbocycles. The van der Waals surface area contributed by atoms with Crippen molar-refractivity contribution in [2.24, 2.45) is 0 Å². The zero-order valence-corrected chi connectivity index (χ0v) is 14.0. The van der Waals surface area contributed by atoms with E-state index in [1.165, 1.54) is 37.3 Å². The van der Waals surface area contributed by atoms with Crippen LogP contribution in [0, 0.1) is 21.7 Å². The van der Waals surface area contributed by atoms with Crippen LogP contribution < -0.4 is 5.32 Å². The minimum atomic E-state index is -1.21. The highest BCUT2D eigenvalue weighted by molar-refractivity contribution is 5.96. The molecule has 2 aromatic carbocycles. The molecular weight excluding hydrogens is 362 g/mol. The molecule has 0 saturated carbocycles. The third-order valence-corrected chi connectivity index (χ3v) is 3.35. The molecule has 1 atom stereocenters. The van der Waals surface area contributed by atoms with Crippen LogP contribution in [0.25, 0.3) is 6.08 Å². The topological polar surface area (TPSA) is 98.5 Å². The maximum absolute atomic E-state index is 13.3. The van der Waals surface area contributed by atoms with E-state index in [9.17, 15) is 28.5 Å². The summed E-state index contributed by atoms with van der Waals surface area (Å²) in [5.74, 6) is -3.02. The fourth-order valence-electron chi connectivity index (χ4n) is 1.98. The smallest absolute Gasteiger partial charge is 0.331 e. The number of nitrogens with one attached hydrogen (secondary N) is 1. The van der Waals surface area contributed by atoms with Crippen molar-refractivity contribution in [3.05, 3.63) is 75.9 Å². The molecule has 0 aliphatic rings. The largest absolute Gasteiger partial charge is 0.449 e. The Morgan fingerprint density at radius 3 is 2.48 bits per heavy atom. The van der Waals surface area contributed by atoms with Crippen molar-refractivity contribution in [2.75, 3.05) is 5.32 Å². The van der Waals surface area contributed by atoms with Gasteiger partial charge in [0.05, 0.1) is 4.92 Å². The Morgan fingerprint density at radius 2 is 1.85 bits per heavy atom. The predicted octanol–water partition coefficient (Wildman–Crippen LogP) is 3.46. The van der Waals surface area contributed by atoms with Crippen LogP contribution in [0.5, 0.6) is 0 Å². The van der Waals surface area contributed by atoms with Gasteiger partial charge in [-0.25, -0.2) is 9.18 Å². The number of nitrogens with zero attached hydrogens (tertiary/aromatic N) is 1. The molecule has 2 aromatic rings. The number of hydrogen-bond donors (Lipinski definition) is 1. The van der Waals surface area contributed by atoms with E-state index in [1.54, 1.807) is 0 Å². The molecule has 0 fully saturated rings. The van der Waals surface area contributed by atoms with Gasteiger partial charge in [-0.2, -0.15) is 4.39 Å². The summed E-state index contributed by atoms with van der Waals surface area (Å²) in [6, 6.07) is 8.20. The number of nitro groups is 1. The minimum absolute atomic E-state index is 0.0159. The Morgan fingerprint density at radius 1 is 1.19 bits per heavy atom. The van der Waals surface area contributed by atoms with Crippen LogP contribution in [-0.2, 0) is 14.3 Å². The summed E-state index contributed by atoms with van der Waals surface area (Å²) >= 11 is 0. The van der Waals surface area contributed by atoms with Crippen LogP contribution in [-0.4, -0.2) is 22.9 Å². The minimum Gasteiger partial charge on any atom is -0.449 e. The fourth-order valence-corrected chi connectivity index (χ4v) is 1.98. The van der Waals surface area contributed by atoms with Crippen LogP contribution in [0.3, 0.4) is 0 Å². The van der Waals surface area contributed by atoms with Crippen molar-refractivity contribution in [3.8, 4) is 0 Å². The number of rotatable bonds is 6. The Labute approximate surface area is 152 Å². The number of anilines is 1. The number of nitro benzene ring substituents is 1. The van der Waals surface area contributed by atoms with E-state index in [0.717, 1.165) is 24.3 Å². The molecule has 0 radical (unpaired) electrons. The molecule has 0 heterocycles. The molecule has 0 bridgehead atoms. The first-order valence-electron chi connectivity index (χ1n) is 7.65. The molecular formula is C18H14F2N2O5. The Kier molecular flexibility index (Phi) is 6.32. The van der Waals surface area contributed by atoms with E-state index in [1.807, 2.05) is 0 Å². The second-order valence-electron chi connectivity index (χ2n) is 5.38. The van der Waals surface area contributed by atoms with Crippen molar-refractivity contribution in [3.63, 3.8) is 0 Å². The standard InChI is InChI=1S/C18H14F2N2O5/c1-11(27-17(23)9-4-12-2-5-13(19)6-3-12)18(24)21-14-7-8-15(20)16(10-14)22(25)26/h2-11H,1H3,(H,21,24)/b9-4+. The summed E-state index contributed by atoms with van der Waals surface area (Å²) in [6.45, 7) is 1.30. The number of benzene rings is 2. The maximum Gasteiger partial charge on any atom is 0.331 e. The predicted molar refractivity (Wildman–Crippen MR) is 92.7 cm³/mol. The monoisotopic (exact) mass is 376 g/mol. The number of amides is 1. The van der Waals surface area contributed by atoms with Gasteiger partial charge in [-0.05, 0) is 42.8 Å². The van der Waals surface area contributed by atoms with Crippen LogP contribution in [0.2, 0.25) is 0 Å². The molecule has 0 spiro atoms. The molecule has 27 heavy (non-hydrogen) atoms. The van der Waals surface area contributed by atoms with Crippen molar-refractivity contribution < 1.29 is 28.0 Å². The first-order chi connectivity index (χ1) is 12.8. The van der Waals surface area contributed by atoms with Crippen molar-refractivity contribution in [2.45, 2.75) is 13.0 Å². The number of carbonyl (C=O) groups is 2. The highest BCUT2D eigenvalue weighted by Gasteiger charge is 2.19. The molecule has 1 unspecified atom stereocenters. The highest BCUT2D eigenvalue weighted by atomic mass is 19.1. The SMILES string of the molecule is CC(OC(=O)/C=C/c1ccc(F)cc1)C(=O)Nc1ccc(F)c([N+](=O)[O-])c1. The first-order valence-corrected chi connectivity index (χ1v) is 7.65. The van der Waals surface area contributed by atoms with Gasteiger partial charge in [0, 0.05) is 17.8 Å². The Bertz CT molecular complexity index is 897. The Hall–Kier alpha value is -3.62. The van der Waals surface area contributed by atoms with Gasteiger partial charge in [-0.3, -0.25) is 14.9 Å². The molecule has 0 aliphatic heterocycles. The second-order valence-corrected chi connectivity index (χ2v) is 5.38. The van der Waals surface area contributed by atoms with Gasteiger partial charge in [-0.1, -0.05) is 12.1 Å². The van der Waals surface area contributed by atoms with Gasteiger partial charge in [-0.15, -0.1) is 0 Å². The first kappa shape index (κ1) is 19.7. The zero-order chi connectivity index (χ0) is 20.0. The van der Waals surface area contributed by atoms with Crippen molar-refractivity contribution in [1.29, 1.82) is 0 Å². The highest BCUT2D eigenvalue weighted by Crippen LogP contribution is 2.21. The summed E-state index contributed by atoms with van der Waals surface area (Å²) in [4.78, 5) is 33.5. The lowest BCUT2D eigenvalue weighted by atomic mass is 10.2. The van der Waals surface area contributed by atoms with E-state index < -0.39 is 40.2 Å². The van der Waals surface area contributed by atoms with Gasteiger partial charge >= 0.3 is 11.7 Å². The lowest BCUT2D eigenvalue weighted by molar-refractivity contribution is -0.387. The molecule has 1 amide bonds. The lowest BCUT2D eigenvalue weighted by Crippen LogP contribution is -2.29. The zero-order valence-electron chi connectivity index (χ0n) is 14.0. The molecule has 2 rings (SSSR count). The van der Waals surface area contributed by atoms with E-state index in [2.05, 4.69) is 5.32 Å². The molecule has 9 heteroatoms. The summed E-state index contributed by atoms with van der Waals surface area (Å²) in [5, 5.41) is 13.0. The normalized spacial score (nSPS) is 11.8. The summed E-state index contributed by atoms with van der Waals surface area (Å²) in [6.07, 6.45) is 1.25. The van der Waals surface area contributed by atoms with E-state index >= 15 is 0 Å². The van der Waals surface area contributed by atoms with Crippen LogP contribution >= 0.6 is 0 Å². The molecule has 1 N–H and O–H groups in total. The number of carbonyl (C=O) groups excluding carboxylic acids is 2. The molecule has 7 nitrogen and oxygen atoms in total. The van der Waals surface area contributed by atoms with Crippen LogP contribution in [0.15, 0.2) is 48.5 Å². The third kappa shape index (κ3) is 5.70. The van der Waals surface area contributed by atoms with E-state index in [0.29, 0.717) is 5.56 Å². The van der Waals surface area contributed by atoms with Crippen molar-refractivity contribution in [1.82, 2.24) is 0 Å². The van der Waals surface area contributed by atoms with Crippen molar-refractivity contribution >= 4 is 29.3 Å².